The van der Waals surface area contributed by atoms with Gasteiger partial charge >= 0.3 is 0 Å². The fourth-order valence-electron chi connectivity index (χ4n) is 3.12. The lowest BCUT2D eigenvalue weighted by Gasteiger charge is -2.49. The summed E-state index contributed by atoms with van der Waals surface area (Å²) in [6.45, 7) is 17.0. The van der Waals surface area contributed by atoms with Gasteiger partial charge in [0.25, 0.3) is 0 Å². The minimum absolute atomic E-state index is 0.201. The number of hydrogen-bond acceptors (Lipinski definition) is 2. The van der Waals surface area contributed by atoms with Crippen LogP contribution in [-0.4, -0.2) is 29.6 Å². The van der Waals surface area contributed by atoms with Crippen molar-refractivity contribution in [3.05, 3.63) is 35.4 Å². The van der Waals surface area contributed by atoms with Gasteiger partial charge in [-0.25, -0.2) is 0 Å². The normalized spacial score (nSPS) is 23.8. The van der Waals surface area contributed by atoms with Gasteiger partial charge in [0.15, 0.2) is 0 Å². The SMILES string of the molecule is Cc1ccc(CN2CC(C)(C)NCC2C(C)(C)C)cc1. The van der Waals surface area contributed by atoms with Crippen LogP contribution < -0.4 is 5.32 Å². The Labute approximate surface area is 124 Å². The van der Waals surface area contributed by atoms with E-state index in [-0.39, 0.29) is 5.54 Å². The Morgan fingerprint density at radius 3 is 2.35 bits per heavy atom. The fourth-order valence-corrected chi connectivity index (χ4v) is 3.12. The first-order chi connectivity index (χ1) is 9.17. The zero-order chi connectivity index (χ0) is 15.0. The molecule has 1 atom stereocenters. The van der Waals surface area contributed by atoms with Crippen LogP contribution in [0.25, 0.3) is 0 Å². The molecule has 1 unspecified atom stereocenters. The van der Waals surface area contributed by atoms with Crippen molar-refractivity contribution in [1.29, 1.82) is 0 Å². The molecule has 20 heavy (non-hydrogen) atoms. The zero-order valence-electron chi connectivity index (χ0n) is 14.0. The molecule has 1 aromatic rings. The predicted octanol–water partition coefficient (Wildman–Crippen LogP) is 3.59. The summed E-state index contributed by atoms with van der Waals surface area (Å²) in [5, 5.41) is 3.70. The monoisotopic (exact) mass is 274 g/mol. The topological polar surface area (TPSA) is 15.3 Å². The summed E-state index contributed by atoms with van der Waals surface area (Å²) >= 11 is 0. The molecule has 1 heterocycles. The Morgan fingerprint density at radius 1 is 1.20 bits per heavy atom. The van der Waals surface area contributed by atoms with Crippen molar-refractivity contribution in [2.24, 2.45) is 5.41 Å². The maximum Gasteiger partial charge on any atom is 0.0273 e. The fraction of sp³-hybridized carbons (Fsp3) is 0.667. The largest absolute Gasteiger partial charge is 0.309 e. The Morgan fingerprint density at radius 2 is 1.80 bits per heavy atom. The summed E-state index contributed by atoms with van der Waals surface area (Å²) in [6, 6.07) is 9.55. The van der Waals surface area contributed by atoms with Gasteiger partial charge in [0, 0.05) is 31.2 Å². The molecule has 1 fully saturated rings. The van der Waals surface area contributed by atoms with Gasteiger partial charge in [-0.05, 0) is 31.7 Å². The molecule has 112 valence electrons. The second-order valence-electron chi connectivity index (χ2n) is 8.04. The molecular weight excluding hydrogens is 244 g/mol. The van der Waals surface area contributed by atoms with Gasteiger partial charge in [0.1, 0.15) is 0 Å². The van der Waals surface area contributed by atoms with Gasteiger partial charge in [0.2, 0.25) is 0 Å². The van der Waals surface area contributed by atoms with Crippen LogP contribution in [-0.2, 0) is 6.54 Å². The molecule has 2 nitrogen and oxygen atoms in total. The van der Waals surface area contributed by atoms with Crippen molar-refractivity contribution in [3.63, 3.8) is 0 Å². The van der Waals surface area contributed by atoms with E-state index in [0.29, 0.717) is 11.5 Å². The summed E-state index contributed by atoms with van der Waals surface area (Å²) < 4.78 is 0. The smallest absolute Gasteiger partial charge is 0.0273 e. The van der Waals surface area contributed by atoms with E-state index < -0.39 is 0 Å². The van der Waals surface area contributed by atoms with Crippen molar-refractivity contribution < 1.29 is 0 Å². The van der Waals surface area contributed by atoms with Gasteiger partial charge in [-0.2, -0.15) is 0 Å². The summed E-state index contributed by atoms with van der Waals surface area (Å²) in [5.41, 5.74) is 3.25. The summed E-state index contributed by atoms with van der Waals surface area (Å²) in [4.78, 5) is 2.65. The highest BCUT2D eigenvalue weighted by molar-refractivity contribution is 5.21. The minimum atomic E-state index is 0.201. The molecule has 0 aromatic heterocycles. The van der Waals surface area contributed by atoms with Crippen LogP contribution in [0.1, 0.15) is 45.7 Å². The number of rotatable bonds is 2. The molecule has 1 N–H and O–H groups in total. The van der Waals surface area contributed by atoms with E-state index in [4.69, 9.17) is 0 Å². The van der Waals surface area contributed by atoms with Crippen LogP contribution in [0.3, 0.4) is 0 Å². The highest BCUT2D eigenvalue weighted by Crippen LogP contribution is 2.30. The van der Waals surface area contributed by atoms with Crippen LogP contribution in [0, 0.1) is 12.3 Å². The number of benzene rings is 1. The molecule has 1 aliphatic heterocycles. The first kappa shape index (κ1) is 15.5. The third kappa shape index (κ3) is 3.83. The van der Waals surface area contributed by atoms with Crippen molar-refractivity contribution in [3.8, 4) is 0 Å². The average molecular weight is 274 g/mol. The Balaban J connectivity index is 2.17. The summed E-state index contributed by atoms with van der Waals surface area (Å²) in [5.74, 6) is 0. The number of aryl methyl sites for hydroxylation is 1. The maximum absolute atomic E-state index is 3.70. The van der Waals surface area contributed by atoms with Crippen LogP contribution in [0.2, 0.25) is 0 Å². The van der Waals surface area contributed by atoms with Gasteiger partial charge in [0.05, 0.1) is 0 Å². The summed E-state index contributed by atoms with van der Waals surface area (Å²) in [6.07, 6.45) is 0. The Hall–Kier alpha value is -0.860. The molecule has 0 spiro atoms. The van der Waals surface area contributed by atoms with E-state index in [1.54, 1.807) is 0 Å². The molecule has 0 amide bonds. The lowest BCUT2D eigenvalue weighted by molar-refractivity contribution is 0.0272. The lowest BCUT2D eigenvalue weighted by Crippen LogP contribution is -2.64. The minimum Gasteiger partial charge on any atom is -0.309 e. The van der Waals surface area contributed by atoms with E-state index >= 15 is 0 Å². The number of nitrogens with one attached hydrogen (secondary N) is 1. The molecule has 2 heteroatoms. The summed E-state index contributed by atoms with van der Waals surface area (Å²) in [7, 11) is 0. The van der Waals surface area contributed by atoms with Gasteiger partial charge in [-0.15, -0.1) is 0 Å². The lowest BCUT2D eigenvalue weighted by atomic mass is 9.82. The van der Waals surface area contributed by atoms with Gasteiger partial charge in [-0.1, -0.05) is 50.6 Å². The van der Waals surface area contributed by atoms with E-state index in [2.05, 4.69) is 76.0 Å². The van der Waals surface area contributed by atoms with Crippen LogP contribution >= 0.6 is 0 Å². The van der Waals surface area contributed by atoms with Crippen molar-refractivity contribution in [2.45, 2.75) is 59.7 Å². The van der Waals surface area contributed by atoms with Crippen molar-refractivity contribution in [2.75, 3.05) is 13.1 Å². The Kier molecular flexibility index (Phi) is 4.27. The predicted molar refractivity (Wildman–Crippen MR) is 86.9 cm³/mol. The van der Waals surface area contributed by atoms with Gasteiger partial charge < -0.3 is 5.32 Å². The highest BCUT2D eigenvalue weighted by Gasteiger charge is 2.38. The third-order valence-corrected chi connectivity index (χ3v) is 4.32. The molecule has 1 saturated heterocycles. The standard InChI is InChI=1S/C18H30N2/c1-14-7-9-15(10-8-14)12-20-13-18(5,6)19-11-16(20)17(2,3)4/h7-10,16,19H,11-13H2,1-6H3. The van der Waals surface area contributed by atoms with E-state index in [0.717, 1.165) is 19.6 Å². The van der Waals surface area contributed by atoms with E-state index in [9.17, 15) is 0 Å². The zero-order valence-corrected chi connectivity index (χ0v) is 14.0. The van der Waals surface area contributed by atoms with Gasteiger partial charge in [-0.3, -0.25) is 4.90 Å². The van der Waals surface area contributed by atoms with Crippen molar-refractivity contribution >= 4 is 0 Å². The number of piperazine rings is 1. The van der Waals surface area contributed by atoms with Crippen molar-refractivity contribution in [1.82, 2.24) is 10.2 Å². The molecule has 0 bridgehead atoms. The quantitative estimate of drug-likeness (QED) is 0.886. The third-order valence-electron chi connectivity index (χ3n) is 4.32. The molecule has 0 aliphatic carbocycles. The van der Waals surface area contributed by atoms with Crippen LogP contribution in [0.5, 0.6) is 0 Å². The van der Waals surface area contributed by atoms with E-state index in [1.807, 2.05) is 0 Å². The molecule has 0 saturated carbocycles. The maximum atomic E-state index is 3.70. The van der Waals surface area contributed by atoms with E-state index in [1.165, 1.54) is 11.1 Å². The first-order valence-corrected chi connectivity index (χ1v) is 7.72. The number of nitrogens with zero attached hydrogens (tertiary/aromatic N) is 1. The first-order valence-electron chi connectivity index (χ1n) is 7.72. The molecule has 1 aromatic carbocycles. The highest BCUT2D eigenvalue weighted by atomic mass is 15.3. The second-order valence-corrected chi connectivity index (χ2v) is 8.04. The van der Waals surface area contributed by atoms with Crippen LogP contribution in [0.15, 0.2) is 24.3 Å². The number of hydrogen-bond donors (Lipinski definition) is 1. The Bertz CT molecular complexity index is 439. The average Bonchev–Trinajstić information content (AvgIpc) is 2.29. The second kappa shape index (κ2) is 5.50. The molecule has 2 rings (SSSR count). The molecule has 1 aliphatic rings. The van der Waals surface area contributed by atoms with Crippen LogP contribution in [0.4, 0.5) is 0 Å². The molecular formula is C18H30N2. The molecule has 0 radical (unpaired) electrons.